The highest BCUT2D eigenvalue weighted by molar-refractivity contribution is 5.80. The third-order valence-electron chi connectivity index (χ3n) is 2.79. The topological polar surface area (TPSA) is 46.1 Å². The largest absolute Gasteiger partial charge is 0.337 e. The first-order valence-corrected chi connectivity index (χ1v) is 6.16. The van der Waals surface area contributed by atoms with Crippen LogP contribution in [0, 0.1) is 6.92 Å². The molecule has 0 atom stereocenters. The zero-order chi connectivity index (χ0) is 13.8. The number of hydrogen-bond donors (Lipinski definition) is 0. The maximum absolute atomic E-state index is 11.1. The van der Waals surface area contributed by atoms with E-state index in [0.717, 1.165) is 11.1 Å². The fourth-order valence-electron chi connectivity index (χ4n) is 1.90. The van der Waals surface area contributed by atoms with E-state index in [0.29, 0.717) is 12.5 Å². The average Bonchev–Trinajstić information content (AvgIpc) is 2.38. The molecule has 0 aliphatic heterocycles. The molecule has 1 heterocycles. The van der Waals surface area contributed by atoms with Gasteiger partial charge in [0.15, 0.2) is 0 Å². The van der Waals surface area contributed by atoms with Crippen LogP contribution in [0.15, 0.2) is 36.7 Å². The standard InChI is InChI=1S/C15H17N3O/c1-11-5-4-6-13(7-11)14-8-16-15(17-9-14)18(3)10-12(2)19/h4-9H,10H2,1-3H3. The van der Waals surface area contributed by atoms with Crippen LogP contribution in [0.3, 0.4) is 0 Å². The van der Waals surface area contributed by atoms with Crippen LogP contribution in [-0.4, -0.2) is 29.3 Å². The summed E-state index contributed by atoms with van der Waals surface area (Å²) < 4.78 is 0. The number of likely N-dealkylation sites (N-methyl/N-ethyl adjacent to an activating group) is 1. The number of carbonyl (C=O) groups is 1. The third-order valence-corrected chi connectivity index (χ3v) is 2.79. The van der Waals surface area contributed by atoms with Gasteiger partial charge in [0.1, 0.15) is 5.78 Å². The van der Waals surface area contributed by atoms with Crippen molar-refractivity contribution in [2.24, 2.45) is 0 Å². The smallest absolute Gasteiger partial charge is 0.225 e. The van der Waals surface area contributed by atoms with Crippen LogP contribution < -0.4 is 4.90 Å². The predicted molar refractivity (Wildman–Crippen MR) is 76.2 cm³/mol. The Balaban J connectivity index is 2.21. The highest BCUT2D eigenvalue weighted by Crippen LogP contribution is 2.19. The minimum absolute atomic E-state index is 0.0915. The number of carbonyl (C=O) groups excluding carboxylic acids is 1. The van der Waals surface area contributed by atoms with E-state index < -0.39 is 0 Å². The molecule has 1 aromatic heterocycles. The molecule has 0 bridgehead atoms. The molecule has 2 rings (SSSR count). The fraction of sp³-hybridized carbons (Fsp3) is 0.267. The molecular formula is C15H17N3O. The minimum atomic E-state index is 0.0915. The molecule has 2 aromatic rings. The van der Waals surface area contributed by atoms with Gasteiger partial charge in [0.05, 0.1) is 6.54 Å². The summed E-state index contributed by atoms with van der Waals surface area (Å²) >= 11 is 0. The molecule has 0 radical (unpaired) electrons. The lowest BCUT2D eigenvalue weighted by Crippen LogP contribution is -2.25. The first kappa shape index (κ1) is 13.2. The molecule has 0 amide bonds. The van der Waals surface area contributed by atoms with Crippen molar-refractivity contribution < 1.29 is 4.79 Å². The summed E-state index contributed by atoms with van der Waals surface area (Å²) in [6, 6.07) is 8.20. The molecule has 0 saturated carbocycles. The van der Waals surface area contributed by atoms with Gasteiger partial charge >= 0.3 is 0 Å². The summed E-state index contributed by atoms with van der Waals surface area (Å²) in [4.78, 5) is 21.4. The quantitative estimate of drug-likeness (QED) is 0.842. The highest BCUT2D eigenvalue weighted by atomic mass is 16.1. The Labute approximate surface area is 113 Å². The zero-order valence-electron chi connectivity index (χ0n) is 11.4. The maximum Gasteiger partial charge on any atom is 0.225 e. The van der Waals surface area contributed by atoms with E-state index >= 15 is 0 Å². The van der Waals surface area contributed by atoms with Gasteiger partial charge in [0, 0.05) is 25.0 Å². The van der Waals surface area contributed by atoms with Crippen molar-refractivity contribution in [1.82, 2.24) is 9.97 Å². The van der Waals surface area contributed by atoms with Gasteiger partial charge < -0.3 is 4.90 Å². The Morgan fingerprint density at radius 2 is 1.89 bits per heavy atom. The van der Waals surface area contributed by atoms with Gasteiger partial charge in [-0.15, -0.1) is 0 Å². The van der Waals surface area contributed by atoms with Crippen molar-refractivity contribution in [3.8, 4) is 11.1 Å². The van der Waals surface area contributed by atoms with Crippen LogP contribution in [-0.2, 0) is 4.79 Å². The number of nitrogens with zero attached hydrogens (tertiary/aromatic N) is 3. The first-order chi connectivity index (χ1) is 9.06. The Bertz CT molecular complexity index is 578. The lowest BCUT2D eigenvalue weighted by atomic mass is 10.1. The van der Waals surface area contributed by atoms with Crippen molar-refractivity contribution in [3.63, 3.8) is 0 Å². The van der Waals surface area contributed by atoms with E-state index in [-0.39, 0.29) is 5.78 Å². The number of anilines is 1. The maximum atomic E-state index is 11.1. The Morgan fingerprint density at radius 1 is 1.21 bits per heavy atom. The summed E-state index contributed by atoms with van der Waals surface area (Å²) in [5.41, 5.74) is 3.28. The number of Topliss-reactive ketones (excluding diaryl/α,β-unsaturated/α-hetero) is 1. The van der Waals surface area contributed by atoms with Crippen LogP contribution in [0.25, 0.3) is 11.1 Å². The van der Waals surface area contributed by atoms with E-state index in [2.05, 4.69) is 29.0 Å². The second kappa shape index (κ2) is 5.61. The van der Waals surface area contributed by atoms with E-state index in [4.69, 9.17) is 0 Å². The highest BCUT2D eigenvalue weighted by Gasteiger charge is 2.07. The molecule has 0 aliphatic rings. The van der Waals surface area contributed by atoms with E-state index in [1.54, 1.807) is 24.2 Å². The Morgan fingerprint density at radius 3 is 2.47 bits per heavy atom. The van der Waals surface area contributed by atoms with Crippen molar-refractivity contribution in [2.45, 2.75) is 13.8 Å². The fourth-order valence-corrected chi connectivity index (χ4v) is 1.90. The molecule has 98 valence electrons. The zero-order valence-corrected chi connectivity index (χ0v) is 11.4. The summed E-state index contributed by atoms with van der Waals surface area (Å²) in [6.45, 7) is 3.93. The molecule has 0 spiro atoms. The molecule has 1 aromatic carbocycles. The predicted octanol–water partition coefficient (Wildman–Crippen LogP) is 2.48. The van der Waals surface area contributed by atoms with Crippen molar-refractivity contribution in [1.29, 1.82) is 0 Å². The van der Waals surface area contributed by atoms with Gasteiger partial charge in [0.2, 0.25) is 5.95 Å². The van der Waals surface area contributed by atoms with Crippen LogP contribution in [0.2, 0.25) is 0 Å². The van der Waals surface area contributed by atoms with Gasteiger partial charge in [-0.05, 0) is 19.4 Å². The minimum Gasteiger partial charge on any atom is -0.337 e. The molecule has 0 unspecified atom stereocenters. The van der Waals surface area contributed by atoms with Gasteiger partial charge in [-0.2, -0.15) is 0 Å². The van der Waals surface area contributed by atoms with Crippen molar-refractivity contribution in [2.75, 3.05) is 18.5 Å². The lowest BCUT2D eigenvalue weighted by molar-refractivity contribution is -0.115. The van der Waals surface area contributed by atoms with Gasteiger partial charge in [-0.3, -0.25) is 4.79 Å². The molecule has 0 aliphatic carbocycles. The summed E-state index contributed by atoms with van der Waals surface area (Å²) in [5.74, 6) is 0.653. The first-order valence-electron chi connectivity index (χ1n) is 6.16. The summed E-state index contributed by atoms with van der Waals surface area (Å²) in [5, 5.41) is 0. The lowest BCUT2D eigenvalue weighted by Gasteiger charge is -2.14. The number of ketones is 1. The Hall–Kier alpha value is -2.23. The second-order valence-electron chi connectivity index (χ2n) is 4.70. The molecular weight excluding hydrogens is 238 g/mol. The molecule has 4 heteroatoms. The molecule has 4 nitrogen and oxygen atoms in total. The van der Waals surface area contributed by atoms with Crippen LogP contribution >= 0.6 is 0 Å². The molecule has 0 saturated heterocycles. The van der Waals surface area contributed by atoms with Crippen LogP contribution in [0.4, 0.5) is 5.95 Å². The van der Waals surface area contributed by atoms with Gasteiger partial charge in [0.25, 0.3) is 0 Å². The molecule has 0 fully saturated rings. The SMILES string of the molecule is CC(=O)CN(C)c1ncc(-c2cccc(C)c2)cn1. The second-order valence-corrected chi connectivity index (χ2v) is 4.70. The summed E-state index contributed by atoms with van der Waals surface area (Å²) in [7, 11) is 1.81. The summed E-state index contributed by atoms with van der Waals surface area (Å²) in [6.07, 6.45) is 3.57. The molecule has 19 heavy (non-hydrogen) atoms. The number of rotatable bonds is 4. The van der Waals surface area contributed by atoms with Gasteiger partial charge in [-0.25, -0.2) is 9.97 Å². The number of hydrogen-bond acceptors (Lipinski definition) is 4. The van der Waals surface area contributed by atoms with E-state index in [1.165, 1.54) is 5.56 Å². The normalized spacial score (nSPS) is 10.3. The van der Waals surface area contributed by atoms with Crippen molar-refractivity contribution >= 4 is 11.7 Å². The van der Waals surface area contributed by atoms with E-state index in [1.807, 2.05) is 19.2 Å². The van der Waals surface area contributed by atoms with E-state index in [9.17, 15) is 4.79 Å². The number of benzene rings is 1. The van der Waals surface area contributed by atoms with Crippen LogP contribution in [0.5, 0.6) is 0 Å². The molecule has 0 N–H and O–H groups in total. The third kappa shape index (κ3) is 3.37. The number of aryl methyl sites for hydroxylation is 1. The monoisotopic (exact) mass is 255 g/mol. The van der Waals surface area contributed by atoms with Crippen molar-refractivity contribution in [3.05, 3.63) is 42.2 Å². The Kier molecular flexibility index (Phi) is 3.90. The van der Waals surface area contributed by atoms with Crippen LogP contribution in [0.1, 0.15) is 12.5 Å². The van der Waals surface area contributed by atoms with Gasteiger partial charge in [-0.1, -0.05) is 29.8 Å². The average molecular weight is 255 g/mol. The number of aromatic nitrogens is 2.